The third-order valence-electron chi connectivity index (χ3n) is 8.74. The zero-order valence-electron chi connectivity index (χ0n) is 19.4. The number of hydrogen-bond acceptors (Lipinski definition) is 0. The molecule has 0 fully saturated rings. The van der Waals surface area contributed by atoms with E-state index in [4.69, 9.17) is 0 Å². The molecule has 2 heterocycles. The number of benzene rings is 3. The molecule has 34 heavy (non-hydrogen) atoms. The number of hydrogen-bond donors (Lipinski definition) is 0. The summed E-state index contributed by atoms with van der Waals surface area (Å²) in [5.41, 5.74) is 10.8. The molecule has 0 saturated carbocycles. The summed E-state index contributed by atoms with van der Waals surface area (Å²) in [5.74, 6) is 0. The first-order valence-electron chi connectivity index (χ1n) is 12.1. The van der Waals surface area contributed by atoms with Gasteiger partial charge in [0.25, 0.3) is 0 Å². The topological polar surface area (TPSA) is 0 Å². The van der Waals surface area contributed by atoms with Gasteiger partial charge in [0.1, 0.15) is 0 Å². The molecule has 2 unspecified atom stereocenters. The van der Waals surface area contributed by atoms with Gasteiger partial charge in [0.15, 0.2) is 0 Å². The van der Waals surface area contributed by atoms with Gasteiger partial charge in [-0.3, -0.25) is 0 Å². The molecule has 2 bridgehead atoms. The van der Waals surface area contributed by atoms with Crippen LogP contribution in [0.5, 0.6) is 0 Å². The van der Waals surface area contributed by atoms with Crippen LogP contribution >= 0.6 is 0 Å². The van der Waals surface area contributed by atoms with Gasteiger partial charge in [0.2, 0.25) is 0 Å². The number of fused-ring (bicyclic) bond motifs is 2. The van der Waals surface area contributed by atoms with Gasteiger partial charge in [0.05, 0.1) is 0 Å². The zero-order valence-corrected chi connectivity index (χ0v) is 25.4. The van der Waals surface area contributed by atoms with Crippen molar-refractivity contribution in [3.63, 3.8) is 0 Å². The molecule has 0 nitrogen and oxygen atoms in total. The molecule has 2 aliphatic heterocycles. The van der Waals surface area contributed by atoms with Crippen molar-refractivity contribution in [2.24, 2.45) is 0 Å². The molecule has 2 aliphatic carbocycles. The van der Waals surface area contributed by atoms with E-state index in [2.05, 4.69) is 97.9 Å². The predicted octanol–water partition coefficient (Wildman–Crippen LogP) is 1.75. The molecule has 3 aromatic rings. The molecule has 7 rings (SSSR count). The second-order valence-electron chi connectivity index (χ2n) is 10.0. The van der Waals surface area contributed by atoms with Gasteiger partial charge in [-0.05, 0) is 0 Å². The average Bonchev–Trinajstić information content (AvgIpc) is 3.59. The Balaban J connectivity index is 0.00000120. The minimum absolute atomic E-state index is 0. The summed E-state index contributed by atoms with van der Waals surface area (Å²) in [7, 11) is 0. The van der Waals surface area contributed by atoms with Gasteiger partial charge in [-0.1, -0.05) is 0 Å². The summed E-state index contributed by atoms with van der Waals surface area (Å²) in [6, 6.07) is 34.4. The second kappa shape index (κ2) is 9.49. The van der Waals surface area contributed by atoms with Gasteiger partial charge >= 0.3 is 197 Å². The summed E-state index contributed by atoms with van der Waals surface area (Å²) >= 11 is -2.54. The van der Waals surface area contributed by atoms with Crippen LogP contribution < -0.4 is 24.8 Å². The van der Waals surface area contributed by atoms with E-state index in [0.29, 0.717) is 0 Å². The van der Waals surface area contributed by atoms with Crippen LogP contribution in [0.25, 0.3) is 23.3 Å². The van der Waals surface area contributed by atoms with Gasteiger partial charge in [0, 0.05) is 0 Å². The molecule has 0 N–H and O–H groups in total. The number of allylic oxidation sites excluding steroid dienone is 2. The van der Waals surface area contributed by atoms with Gasteiger partial charge in [-0.2, -0.15) is 0 Å². The van der Waals surface area contributed by atoms with Crippen LogP contribution in [0, 0.1) is 0 Å². The standard InChI is InChI=1S/C16H13.C9H7.C4H8Si2.2ClH.Zr/c1-12-10-14-8-5-9-15(16(14)11-12)13-6-3-2-4-7-13;1-2-5-9-7-3-6-8(9)4-1;1-2-6-4-3-5-1;;;/h2-11H,1H3;1-7H;1-4H2;2*1H;/q;;;;;+2/p-2. The first-order chi connectivity index (χ1) is 15.8. The maximum Gasteiger partial charge on any atom is -1.00 e. The van der Waals surface area contributed by atoms with Crippen LogP contribution in [-0.4, -0.2) is 10.9 Å². The smallest absolute Gasteiger partial charge is 1.00 e. The van der Waals surface area contributed by atoms with Crippen LogP contribution in [-0.2, 0) is 17.5 Å². The molecule has 0 amide bonds. The van der Waals surface area contributed by atoms with Crippen LogP contribution in [0.4, 0.5) is 0 Å². The van der Waals surface area contributed by atoms with Crippen molar-refractivity contribution in [1.29, 1.82) is 0 Å². The summed E-state index contributed by atoms with van der Waals surface area (Å²) in [6.45, 7) is 2.51. The normalized spacial score (nSPS) is 20.8. The molecule has 0 aromatic heterocycles. The zero-order chi connectivity index (χ0) is 21.3. The Morgan fingerprint density at radius 3 is 2.12 bits per heavy atom. The number of rotatable bonds is 3. The van der Waals surface area contributed by atoms with Crippen molar-refractivity contribution in [2.45, 2.75) is 38.4 Å². The minimum atomic E-state index is -2.54. The Hall–Kier alpha value is -0.963. The molecule has 5 heteroatoms. The predicted molar refractivity (Wildman–Crippen MR) is 137 cm³/mol. The van der Waals surface area contributed by atoms with E-state index in [9.17, 15) is 0 Å². The van der Waals surface area contributed by atoms with Gasteiger partial charge in [-0.15, -0.1) is 0 Å². The molecule has 0 radical (unpaired) electrons. The van der Waals surface area contributed by atoms with Crippen molar-refractivity contribution < 1.29 is 42.3 Å². The first kappa shape index (κ1) is 24.7. The average molecular weight is 595 g/mol. The van der Waals surface area contributed by atoms with Crippen LogP contribution in [0.15, 0.2) is 84.4 Å². The van der Waals surface area contributed by atoms with Crippen molar-refractivity contribution in [3.8, 4) is 11.1 Å². The monoisotopic (exact) mass is 592 g/mol. The Labute approximate surface area is 219 Å². The Bertz CT molecular complexity index is 1440. The SMILES string of the molecule is CC1=Cc2c(-c3ccccc3)cccc2[CH]1[Zr+2]1([CH]2C=Cc3ccccc32)=[Si]2CC[Si]=1CC2.[Cl-].[Cl-]. The van der Waals surface area contributed by atoms with Crippen molar-refractivity contribution in [3.05, 3.63) is 107 Å². The summed E-state index contributed by atoms with van der Waals surface area (Å²) in [4.78, 5) is 0. The Morgan fingerprint density at radius 1 is 0.735 bits per heavy atom. The molecule has 3 aromatic carbocycles. The third-order valence-corrected chi connectivity index (χ3v) is 67.5. The van der Waals surface area contributed by atoms with E-state index in [1.807, 2.05) is 0 Å². The van der Waals surface area contributed by atoms with E-state index in [1.54, 1.807) is 46.4 Å². The maximum absolute atomic E-state index is 2.72. The van der Waals surface area contributed by atoms with Gasteiger partial charge < -0.3 is 24.8 Å². The van der Waals surface area contributed by atoms with E-state index in [-0.39, 0.29) is 35.7 Å². The number of halogens is 2. The molecule has 0 spiro atoms. The molecule has 4 aliphatic rings. The fourth-order valence-electron chi connectivity index (χ4n) is 7.63. The van der Waals surface area contributed by atoms with E-state index in [1.165, 1.54) is 16.7 Å². The van der Waals surface area contributed by atoms with Crippen molar-refractivity contribution in [1.82, 2.24) is 0 Å². The van der Waals surface area contributed by atoms with E-state index >= 15 is 0 Å². The van der Waals surface area contributed by atoms with Crippen molar-refractivity contribution >= 4 is 23.0 Å². The van der Waals surface area contributed by atoms with E-state index < -0.39 is 17.5 Å². The van der Waals surface area contributed by atoms with Crippen LogP contribution in [0.2, 0.25) is 24.2 Å². The third kappa shape index (κ3) is 3.38. The summed E-state index contributed by atoms with van der Waals surface area (Å²) in [5, 5.41) is 0. The summed E-state index contributed by atoms with van der Waals surface area (Å²) < 4.78 is 1.67. The molecular weight excluding hydrogens is 567 g/mol. The summed E-state index contributed by atoms with van der Waals surface area (Å²) in [6.07, 6.45) is 7.84. The quantitative estimate of drug-likeness (QED) is 0.406. The maximum atomic E-state index is 2.72. The first-order valence-corrected chi connectivity index (χ1v) is 26.2. The Kier molecular flexibility index (Phi) is 6.90. The van der Waals surface area contributed by atoms with E-state index in [0.717, 1.165) is 7.25 Å². The largest absolute Gasteiger partial charge is 1.00 e. The van der Waals surface area contributed by atoms with Crippen LogP contribution in [0.1, 0.15) is 36.4 Å². The second-order valence-corrected chi connectivity index (χ2v) is 44.8. The van der Waals surface area contributed by atoms with Gasteiger partial charge in [-0.25, -0.2) is 0 Å². The minimum Gasteiger partial charge on any atom is -1.00 e. The Morgan fingerprint density at radius 2 is 1.38 bits per heavy atom. The molecule has 2 atom stereocenters. The fraction of sp³-hybridized carbons (Fsp3) is 0.241. The molecule has 0 saturated heterocycles. The van der Waals surface area contributed by atoms with Crippen LogP contribution in [0.3, 0.4) is 0 Å². The molecular formula is C29H28Cl2Si2Zr. The molecule has 170 valence electrons. The fourth-order valence-corrected chi connectivity index (χ4v) is 89.0. The van der Waals surface area contributed by atoms with Crippen molar-refractivity contribution in [2.75, 3.05) is 0 Å².